The van der Waals surface area contributed by atoms with Crippen molar-refractivity contribution in [3.05, 3.63) is 63.0 Å². The number of rotatable bonds is 9. The number of hydrogen-bond acceptors (Lipinski definition) is 10. The molecule has 1 aromatic heterocycles. The predicted molar refractivity (Wildman–Crippen MR) is 121 cm³/mol. The van der Waals surface area contributed by atoms with Crippen molar-refractivity contribution in [3.63, 3.8) is 0 Å². The predicted octanol–water partition coefficient (Wildman–Crippen LogP) is 1.80. The molecular weight excluding hydrogens is 448 g/mol. The van der Waals surface area contributed by atoms with Crippen LogP contribution in [-0.2, 0) is 4.79 Å². The third-order valence-electron chi connectivity index (χ3n) is 4.73. The summed E-state index contributed by atoms with van der Waals surface area (Å²) in [6.45, 7) is 0.925. The molecule has 0 unspecified atom stereocenters. The number of amides is 1. The summed E-state index contributed by atoms with van der Waals surface area (Å²) in [5.41, 5.74) is 3.73. The fraction of sp³-hybridized carbons (Fsp3) is 0.238. The Hall–Kier alpha value is -4.68. The average molecular weight is 470 g/mol. The lowest BCUT2D eigenvalue weighted by molar-refractivity contribution is -0.806. The van der Waals surface area contributed by atoms with E-state index >= 15 is 0 Å². The molecule has 0 saturated carbocycles. The van der Waals surface area contributed by atoms with E-state index in [0.717, 1.165) is 17.3 Å². The summed E-state index contributed by atoms with van der Waals surface area (Å²) >= 11 is 0. The zero-order chi connectivity index (χ0) is 24.8. The average Bonchev–Trinajstić information content (AvgIpc) is 3.15. The third-order valence-corrected chi connectivity index (χ3v) is 4.73. The molecule has 0 saturated heterocycles. The van der Waals surface area contributed by atoms with Crippen LogP contribution in [0.1, 0.15) is 11.3 Å². The first-order valence-electron chi connectivity index (χ1n) is 9.86. The summed E-state index contributed by atoms with van der Waals surface area (Å²) in [5, 5.41) is 30.6. The minimum Gasteiger partial charge on any atom is -0.493 e. The summed E-state index contributed by atoms with van der Waals surface area (Å²) in [6.07, 6.45) is 1.47. The number of hydrazone groups is 1. The Morgan fingerprint density at radius 3 is 2.56 bits per heavy atom. The molecule has 1 N–H and O–H groups in total. The summed E-state index contributed by atoms with van der Waals surface area (Å²) in [4.78, 5) is 25.1. The van der Waals surface area contributed by atoms with Crippen LogP contribution in [0.4, 0.5) is 11.4 Å². The van der Waals surface area contributed by atoms with Crippen molar-refractivity contribution in [1.82, 2.24) is 10.6 Å². The largest absolute Gasteiger partial charge is 0.493 e. The number of nitrogens with one attached hydrogen (secondary N) is 1. The van der Waals surface area contributed by atoms with Crippen LogP contribution in [-0.4, -0.2) is 50.0 Å². The fourth-order valence-corrected chi connectivity index (χ4v) is 2.91. The molecule has 0 radical (unpaired) electrons. The van der Waals surface area contributed by atoms with E-state index in [1.54, 1.807) is 0 Å². The Balaban J connectivity index is 1.71. The molecule has 1 amide bonds. The number of nitro groups is 1. The van der Waals surface area contributed by atoms with Gasteiger partial charge in [-0.05, 0) is 22.6 Å². The van der Waals surface area contributed by atoms with E-state index in [0.29, 0.717) is 0 Å². The number of anilines is 1. The Labute approximate surface area is 193 Å². The van der Waals surface area contributed by atoms with Crippen LogP contribution in [0.3, 0.4) is 0 Å². The van der Waals surface area contributed by atoms with E-state index in [2.05, 4.69) is 20.3 Å². The van der Waals surface area contributed by atoms with E-state index in [9.17, 15) is 20.1 Å². The van der Waals surface area contributed by atoms with E-state index < -0.39 is 23.1 Å². The molecule has 13 heteroatoms. The molecule has 0 bridgehead atoms. The van der Waals surface area contributed by atoms with E-state index in [-0.39, 0.29) is 33.4 Å². The first-order valence-corrected chi connectivity index (χ1v) is 9.86. The van der Waals surface area contributed by atoms with Gasteiger partial charge in [0.2, 0.25) is 5.69 Å². The fourth-order valence-electron chi connectivity index (χ4n) is 2.91. The molecule has 3 rings (SSSR count). The highest BCUT2D eigenvalue weighted by Crippen LogP contribution is 2.39. The van der Waals surface area contributed by atoms with Gasteiger partial charge in [0.1, 0.15) is 5.56 Å². The van der Waals surface area contributed by atoms with Gasteiger partial charge in [-0.2, -0.15) is 5.10 Å². The SMILES string of the molecule is COc1cc(-c2no[n+]([O-])c2C)c([N+](=O)[O-])cc1OCC(=O)N/N=C/c1ccc(N(C)C)cc1. The van der Waals surface area contributed by atoms with Crippen LogP contribution in [0.2, 0.25) is 0 Å². The minimum atomic E-state index is -0.670. The Bertz CT molecular complexity index is 1220. The number of nitro benzene ring substituents is 1. The first kappa shape index (κ1) is 24.0. The minimum absolute atomic E-state index is 0.000568. The molecule has 0 fully saturated rings. The van der Waals surface area contributed by atoms with Gasteiger partial charge < -0.3 is 19.6 Å². The summed E-state index contributed by atoms with van der Waals surface area (Å²) in [7, 11) is 5.18. The number of ether oxygens (including phenoxy) is 2. The van der Waals surface area contributed by atoms with Crippen LogP contribution >= 0.6 is 0 Å². The number of carbonyl (C=O) groups is 1. The van der Waals surface area contributed by atoms with Gasteiger partial charge in [0.15, 0.2) is 18.1 Å². The van der Waals surface area contributed by atoms with Crippen LogP contribution in [0.5, 0.6) is 11.5 Å². The van der Waals surface area contributed by atoms with Crippen molar-refractivity contribution in [2.24, 2.45) is 5.10 Å². The first-order chi connectivity index (χ1) is 16.2. The van der Waals surface area contributed by atoms with Crippen LogP contribution in [0.25, 0.3) is 11.3 Å². The summed E-state index contributed by atoms with van der Waals surface area (Å²) < 4.78 is 15.2. The summed E-state index contributed by atoms with van der Waals surface area (Å²) in [6, 6.07) is 9.88. The molecule has 0 spiro atoms. The van der Waals surface area contributed by atoms with Gasteiger partial charge in [-0.1, -0.05) is 12.1 Å². The second-order valence-corrected chi connectivity index (χ2v) is 7.21. The highest BCUT2D eigenvalue weighted by molar-refractivity contribution is 5.83. The zero-order valence-electron chi connectivity index (χ0n) is 18.8. The third kappa shape index (κ3) is 5.38. The lowest BCUT2D eigenvalue weighted by atomic mass is 10.1. The molecule has 2 aromatic carbocycles. The molecule has 178 valence electrons. The number of aromatic nitrogens is 2. The van der Waals surface area contributed by atoms with Gasteiger partial charge in [-0.15, -0.1) is 0 Å². The molecule has 34 heavy (non-hydrogen) atoms. The van der Waals surface area contributed by atoms with Crippen molar-refractivity contribution in [1.29, 1.82) is 0 Å². The maximum atomic E-state index is 12.1. The molecule has 0 aliphatic carbocycles. The molecule has 0 aliphatic heterocycles. The Kier molecular flexibility index (Phi) is 7.26. The molecule has 3 aromatic rings. The topological polar surface area (TPSA) is 159 Å². The second-order valence-electron chi connectivity index (χ2n) is 7.21. The number of hydrogen-bond donors (Lipinski definition) is 1. The van der Waals surface area contributed by atoms with Crippen LogP contribution < -0.4 is 24.7 Å². The van der Waals surface area contributed by atoms with Crippen molar-refractivity contribution < 1.29 is 28.7 Å². The molecule has 13 nitrogen and oxygen atoms in total. The highest BCUT2D eigenvalue weighted by Gasteiger charge is 2.29. The molecular formula is C21H22N6O7. The van der Waals surface area contributed by atoms with Gasteiger partial charge in [-0.3, -0.25) is 19.5 Å². The zero-order valence-corrected chi connectivity index (χ0v) is 18.8. The van der Waals surface area contributed by atoms with Crippen LogP contribution in [0.15, 0.2) is 46.1 Å². The highest BCUT2D eigenvalue weighted by atomic mass is 16.8. The normalized spacial score (nSPS) is 10.8. The quantitative estimate of drug-likeness (QED) is 0.213. The van der Waals surface area contributed by atoms with E-state index in [4.69, 9.17) is 9.47 Å². The van der Waals surface area contributed by atoms with Gasteiger partial charge in [0, 0.05) is 37.9 Å². The van der Waals surface area contributed by atoms with Crippen molar-refractivity contribution in [3.8, 4) is 22.8 Å². The van der Waals surface area contributed by atoms with Crippen molar-refractivity contribution in [2.45, 2.75) is 6.92 Å². The summed E-state index contributed by atoms with van der Waals surface area (Å²) in [5.74, 6) is -0.542. The number of methoxy groups -OCH3 is 1. The number of benzene rings is 2. The van der Waals surface area contributed by atoms with Crippen molar-refractivity contribution in [2.75, 3.05) is 32.7 Å². The lowest BCUT2D eigenvalue weighted by Crippen LogP contribution is -2.25. The Morgan fingerprint density at radius 2 is 2.00 bits per heavy atom. The van der Waals surface area contributed by atoms with Gasteiger partial charge in [0.25, 0.3) is 17.3 Å². The maximum absolute atomic E-state index is 12.1. The molecule has 0 atom stereocenters. The Morgan fingerprint density at radius 1 is 1.29 bits per heavy atom. The molecule has 1 heterocycles. The van der Waals surface area contributed by atoms with Gasteiger partial charge in [-0.25, -0.2) is 5.43 Å². The lowest BCUT2D eigenvalue weighted by Gasteiger charge is -2.11. The number of nitrogens with zero attached hydrogens (tertiary/aromatic N) is 5. The van der Waals surface area contributed by atoms with E-state index in [1.807, 2.05) is 43.3 Å². The number of carbonyl (C=O) groups excluding carboxylic acids is 1. The van der Waals surface area contributed by atoms with Crippen molar-refractivity contribution >= 4 is 23.5 Å². The van der Waals surface area contributed by atoms with Gasteiger partial charge in [0.05, 0.1) is 24.3 Å². The smallest absolute Gasteiger partial charge is 0.285 e. The van der Waals surface area contributed by atoms with Gasteiger partial charge >= 0.3 is 0 Å². The standard InChI is InChI=1S/C21H22N6O7/c1-13-21(24-34-27(13)31)16-9-18(32-4)19(10-17(16)26(29)30)33-12-20(28)23-22-11-14-5-7-15(8-6-14)25(2)3/h5-11H,12H2,1-4H3,(H,23,28)/b22-11+. The maximum Gasteiger partial charge on any atom is 0.285 e. The monoisotopic (exact) mass is 470 g/mol. The van der Waals surface area contributed by atoms with Crippen LogP contribution in [0, 0.1) is 22.2 Å². The van der Waals surface area contributed by atoms with E-state index in [1.165, 1.54) is 26.3 Å². The molecule has 0 aliphatic rings. The second kappa shape index (κ2) is 10.3.